The number of benzene rings is 1. The lowest BCUT2D eigenvalue weighted by atomic mass is 10.2. The highest BCUT2D eigenvalue weighted by molar-refractivity contribution is 7.18. The van der Waals surface area contributed by atoms with E-state index in [1.54, 1.807) is 11.3 Å². The summed E-state index contributed by atoms with van der Waals surface area (Å²) in [7, 11) is 4.08. The second-order valence-electron chi connectivity index (χ2n) is 6.98. The minimum atomic E-state index is 0.200. The van der Waals surface area contributed by atoms with Crippen LogP contribution in [0.3, 0.4) is 0 Å². The SMILES string of the molecule is CN(C)Cc1cc2n(n1)CCN(C(=O)CCc1nc3ccccc3s1)C2. The molecule has 0 aliphatic carbocycles. The largest absolute Gasteiger partial charge is 0.335 e. The van der Waals surface area contributed by atoms with Gasteiger partial charge in [0.2, 0.25) is 5.91 Å². The highest BCUT2D eigenvalue weighted by Gasteiger charge is 2.22. The first kappa shape index (κ1) is 17.2. The summed E-state index contributed by atoms with van der Waals surface area (Å²) in [5, 5.41) is 5.67. The Bertz CT molecular complexity index is 896. The molecule has 2 aromatic heterocycles. The van der Waals surface area contributed by atoms with Crippen LogP contribution in [0.2, 0.25) is 0 Å². The molecular formula is C19H23N5OS. The van der Waals surface area contributed by atoms with Gasteiger partial charge < -0.3 is 9.80 Å². The zero-order valence-electron chi connectivity index (χ0n) is 15.2. The molecule has 0 bridgehead atoms. The summed E-state index contributed by atoms with van der Waals surface area (Å²) in [5.74, 6) is 0.200. The minimum Gasteiger partial charge on any atom is -0.335 e. The number of fused-ring (bicyclic) bond motifs is 2. The molecule has 1 amide bonds. The highest BCUT2D eigenvalue weighted by atomic mass is 32.1. The van der Waals surface area contributed by atoms with Crippen LogP contribution in [0.5, 0.6) is 0 Å². The van der Waals surface area contributed by atoms with Gasteiger partial charge in [0, 0.05) is 25.9 Å². The van der Waals surface area contributed by atoms with Gasteiger partial charge in [-0.25, -0.2) is 4.98 Å². The third-order valence-corrected chi connectivity index (χ3v) is 5.67. The van der Waals surface area contributed by atoms with Crippen LogP contribution in [0, 0.1) is 0 Å². The molecule has 3 heterocycles. The van der Waals surface area contributed by atoms with E-state index in [0.29, 0.717) is 19.4 Å². The Balaban J connectivity index is 1.37. The smallest absolute Gasteiger partial charge is 0.223 e. The predicted octanol–water partition coefficient (Wildman–Crippen LogP) is 2.53. The fourth-order valence-corrected chi connectivity index (χ4v) is 4.31. The Morgan fingerprint density at radius 1 is 1.27 bits per heavy atom. The molecule has 0 spiro atoms. The molecule has 4 rings (SSSR count). The Morgan fingerprint density at radius 3 is 2.92 bits per heavy atom. The van der Waals surface area contributed by atoms with Crippen molar-refractivity contribution >= 4 is 27.5 Å². The second-order valence-corrected chi connectivity index (χ2v) is 8.09. The van der Waals surface area contributed by atoms with Crippen LogP contribution >= 0.6 is 11.3 Å². The van der Waals surface area contributed by atoms with E-state index in [1.807, 2.05) is 41.9 Å². The van der Waals surface area contributed by atoms with Gasteiger partial charge in [0.1, 0.15) is 0 Å². The lowest BCUT2D eigenvalue weighted by Gasteiger charge is -2.27. The third kappa shape index (κ3) is 3.64. The van der Waals surface area contributed by atoms with Crippen LogP contribution in [0.25, 0.3) is 10.2 Å². The number of hydrogen-bond donors (Lipinski definition) is 0. The van der Waals surface area contributed by atoms with E-state index >= 15 is 0 Å². The van der Waals surface area contributed by atoms with Crippen LogP contribution in [0.4, 0.5) is 0 Å². The summed E-state index contributed by atoms with van der Waals surface area (Å²) < 4.78 is 3.22. The van der Waals surface area contributed by atoms with E-state index in [4.69, 9.17) is 0 Å². The summed E-state index contributed by atoms with van der Waals surface area (Å²) in [5.41, 5.74) is 3.21. The molecule has 0 saturated carbocycles. The van der Waals surface area contributed by atoms with Gasteiger partial charge in [0.25, 0.3) is 0 Å². The maximum Gasteiger partial charge on any atom is 0.223 e. The molecular weight excluding hydrogens is 346 g/mol. The Kier molecular flexibility index (Phi) is 4.74. The van der Waals surface area contributed by atoms with Crippen molar-refractivity contribution in [3.63, 3.8) is 0 Å². The van der Waals surface area contributed by atoms with Crippen LogP contribution in [0.15, 0.2) is 30.3 Å². The van der Waals surface area contributed by atoms with Gasteiger partial charge in [0.05, 0.1) is 39.7 Å². The Hall–Kier alpha value is -2.25. The summed E-state index contributed by atoms with van der Waals surface area (Å²) in [6.45, 7) is 2.98. The number of hydrogen-bond acceptors (Lipinski definition) is 5. The number of carbonyl (C=O) groups excluding carboxylic acids is 1. The van der Waals surface area contributed by atoms with Crippen molar-refractivity contribution in [1.29, 1.82) is 0 Å². The number of nitrogens with zero attached hydrogens (tertiary/aromatic N) is 5. The van der Waals surface area contributed by atoms with E-state index in [9.17, 15) is 4.79 Å². The van der Waals surface area contributed by atoms with Gasteiger partial charge in [-0.15, -0.1) is 11.3 Å². The van der Waals surface area contributed by atoms with E-state index in [1.165, 1.54) is 4.70 Å². The third-order valence-electron chi connectivity index (χ3n) is 4.57. The number of para-hydroxylation sites is 1. The van der Waals surface area contributed by atoms with Gasteiger partial charge in [-0.05, 0) is 32.3 Å². The lowest BCUT2D eigenvalue weighted by Crippen LogP contribution is -2.38. The van der Waals surface area contributed by atoms with Crippen molar-refractivity contribution in [2.45, 2.75) is 32.5 Å². The first-order valence-corrected chi connectivity index (χ1v) is 9.73. The van der Waals surface area contributed by atoms with Crippen molar-refractivity contribution in [3.05, 3.63) is 46.7 Å². The number of thiazole rings is 1. The zero-order chi connectivity index (χ0) is 18.1. The molecule has 26 heavy (non-hydrogen) atoms. The average molecular weight is 369 g/mol. The zero-order valence-corrected chi connectivity index (χ0v) is 16.0. The second kappa shape index (κ2) is 7.17. The van der Waals surface area contributed by atoms with Crippen molar-refractivity contribution in [2.24, 2.45) is 0 Å². The van der Waals surface area contributed by atoms with Crippen LogP contribution in [-0.2, 0) is 30.8 Å². The quantitative estimate of drug-likeness (QED) is 0.693. The maximum absolute atomic E-state index is 12.6. The standard InChI is InChI=1S/C19H23N5OS/c1-22(2)12-14-11-15-13-23(9-10-24(15)21-14)19(25)8-7-18-20-16-5-3-4-6-17(16)26-18/h3-6,11H,7-10,12-13H2,1-2H3. The average Bonchev–Trinajstić information content (AvgIpc) is 3.20. The van der Waals surface area contributed by atoms with Crippen molar-refractivity contribution < 1.29 is 4.79 Å². The molecule has 136 valence electrons. The molecule has 0 saturated heterocycles. The Labute approximate surface area is 157 Å². The minimum absolute atomic E-state index is 0.200. The monoisotopic (exact) mass is 369 g/mol. The van der Waals surface area contributed by atoms with E-state index < -0.39 is 0 Å². The summed E-state index contributed by atoms with van der Waals surface area (Å²) in [6.07, 6.45) is 1.22. The van der Waals surface area contributed by atoms with Gasteiger partial charge in [0.15, 0.2) is 0 Å². The van der Waals surface area contributed by atoms with Crippen LogP contribution in [0.1, 0.15) is 22.8 Å². The molecule has 3 aromatic rings. The van der Waals surface area contributed by atoms with E-state index in [2.05, 4.69) is 27.1 Å². The molecule has 0 fully saturated rings. The highest BCUT2D eigenvalue weighted by Crippen LogP contribution is 2.23. The first-order valence-electron chi connectivity index (χ1n) is 8.91. The molecule has 0 N–H and O–H groups in total. The number of aromatic nitrogens is 3. The number of carbonyl (C=O) groups is 1. The van der Waals surface area contributed by atoms with Crippen molar-refractivity contribution in [3.8, 4) is 0 Å². The molecule has 6 nitrogen and oxygen atoms in total. The first-order chi connectivity index (χ1) is 12.6. The van der Waals surface area contributed by atoms with Crippen molar-refractivity contribution in [1.82, 2.24) is 24.6 Å². The number of rotatable bonds is 5. The van der Waals surface area contributed by atoms with Crippen LogP contribution in [-0.4, -0.2) is 51.1 Å². The number of amides is 1. The lowest BCUT2D eigenvalue weighted by molar-refractivity contribution is -0.132. The van der Waals surface area contributed by atoms with E-state index in [-0.39, 0.29) is 5.91 Å². The molecule has 7 heteroatoms. The predicted molar refractivity (Wildman–Crippen MR) is 103 cm³/mol. The Morgan fingerprint density at radius 2 is 2.12 bits per heavy atom. The van der Waals surface area contributed by atoms with E-state index in [0.717, 1.165) is 41.5 Å². The van der Waals surface area contributed by atoms with Crippen molar-refractivity contribution in [2.75, 3.05) is 20.6 Å². The van der Waals surface area contributed by atoms with Gasteiger partial charge in [-0.3, -0.25) is 9.48 Å². The van der Waals surface area contributed by atoms with Crippen LogP contribution < -0.4 is 0 Å². The molecule has 0 unspecified atom stereocenters. The molecule has 0 radical (unpaired) electrons. The molecule has 1 aromatic carbocycles. The topological polar surface area (TPSA) is 54.3 Å². The van der Waals surface area contributed by atoms with Gasteiger partial charge in [-0.2, -0.15) is 5.10 Å². The summed E-state index contributed by atoms with van der Waals surface area (Å²) in [6, 6.07) is 10.2. The molecule has 0 atom stereocenters. The summed E-state index contributed by atoms with van der Waals surface area (Å²) in [4.78, 5) is 21.3. The van der Waals surface area contributed by atoms with Gasteiger partial charge >= 0.3 is 0 Å². The number of aryl methyl sites for hydroxylation is 1. The fourth-order valence-electron chi connectivity index (χ4n) is 3.34. The summed E-state index contributed by atoms with van der Waals surface area (Å²) >= 11 is 1.68. The maximum atomic E-state index is 12.6. The normalized spacial score (nSPS) is 14.2. The fraction of sp³-hybridized carbons (Fsp3) is 0.421. The molecule has 1 aliphatic rings. The molecule has 1 aliphatic heterocycles. The van der Waals surface area contributed by atoms with Gasteiger partial charge in [-0.1, -0.05) is 12.1 Å².